The predicted molar refractivity (Wildman–Crippen MR) is 51.4 cm³/mol. The highest BCUT2D eigenvalue weighted by Gasteiger charge is 2.39. The maximum absolute atomic E-state index is 11.8. The Balaban J connectivity index is 2.16. The van der Waals surface area contributed by atoms with Gasteiger partial charge in [-0.15, -0.1) is 0 Å². The van der Waals surface area contributed by atoms with E-state index >= 15 is 0 Å². The van der Waals surface area contributed by atoms with Gasteiger partial charge in [0.25, 0.3) is 5.91 Å². The van der Waals surface area contributed by atoms with Crippen molar-refractivity contribution in [3.05, 3.63) is 0 Å². The fourth-order valence-electron chi connectivity index (χ4n) is 2.05. The predicted octanol–water partition coefficient (Wildman–Crippen LogP) is 1.78. The Bertz CT molecular complexity index is 260. The van der Waals surface area contributed by atoms with Crippen molar-refractivity contribution in [1.29, 1.82) is 0 Å². The molecule has 3 heteroatoms. The number of hydrogen-bond acceptors (Lipinski definition) is 2. The van der Waals surface area contributed by atoms with E-state index in [1.165, 1.54) is 0 Å². The molecule has 0 spiro atoms. The van der Waals surface area contributed by atoms with Gasteiger partial charge in [0.05, 0.1) is 17.7 Å². The molecule has 0 aromatic rings. The number of nitrogens with zero attached hydrogens (tertiary/aromatic N) is 2. The maximum Gasteiger partial charge on any atom is 0.251 e. The summed E-state index contributed by atoms with van der Waals surface area (Å²) in [6.45, 7) is 4.15. The summed E-state index contributed by atoms with van der Waals surface area (Å²) in [5.74, 6) is 0.385. The third-order valence-electron chi connectivity index (χ3n) is 3.10. The molecule has 1 saturated carbocycles. The number of carbonyl (C=O) groups is 1. The highest BCUT2D eigenvalue weighted by Crippen LogP contribution is 2.31. The van der Waals surface area contributed by atoms with Crippen molar-refractivity contribution in [3.8, 4) is 0 Å². The lowest BCUT2D eigenvalue weighted by atomic mass is 10.1. The topological polar surface area (TPSA) is 32.7 Å². The van der Waals surface area contributed by atoms with Crippen LogP contribution in [-0.2, 0) is 4.79 Å². The molecule has 1 aliphatic carbocycles. The maximum atomic E-state index is 11.8. The van der Waals surface area contributed by atoms with Gasteiger partial charge in [0, 0.05) is 0 Å². The Hall–Kier alpha value is -0.860. The molecule has 0 saturated heterocycles. The first kappa shape index (κ1) is 8.73. The van der Waals surface area contributed by atoms with E-state index in [2.05, 4.69) is 18.9 Å². The number of rotatable bonds is 2. The molecule has 1 heterocycles. The summed E-state index contributed by atoms with van der Waals surface area (Å²) in [7, 11) is 0. The molecule has 1 amide bonds. The van der Waals surface area contributed by atoms with Crippen LogP contribution < -0.4 is 0 Å². The van der Waals surface area contributed by atoms with Crippen LogP contribution >= 0.6 is 0 Å². The number of amides is 1. The summed E-state index contributed by atoms with van der Waals surface area (Å²) >= 11 is 0. The summed E-state index contributed by atoms with van der Waals surface area (Å²) in [5, 5.41) is 6.10. The van der Waals surface area contributed by atoms with E-state index in [4.69, 9.17) is 0 Å². The van der Waals surface area contributed by atoms with E-state index in [1.807, 2.05) is 0 Å². The first-order valence-electron chi connectivity index (χ1n) is 5.14. The highest BCUT2D eigenvalue weighted by molar-refractivity contribution is 6.09. The van der Waals surface area contributed by atoms with Gasteiger partial charge >= 0.3 is 0 Å². The lowest BCUT2D eigenvalue weighted by molar-refractivity contribution is -0.133. The second kappa shape index (κ2) is 3.13. The molecule has 2 rings (SSSR count). The van der Waals surface area contributed by atoms with Gasteiger partial charge in [-0.05, 0) is 32.6 Å². The average Bonchev–Trinajstić information content (AvgIpc) is 2.68. The Morgan fingerprint density at radius 2 is 2.46 bits per heavy atom. The van der Waals surface area contributed by atoms with Crippen molar-refractivity contribution < 1.29 is 4.79 Å². The SMILES string of the molecule is CCC(C)N1N=C2CCCC2C1=O. The van der Waals surface area contributed by atoms with Crippen molar-refractivity contribution in [3.63, 3.8) is 0 Å². The molecule has 1 fully saturated rings. The number of hydrazone groups is 1. The zero-order valence-corrected chi connectivity index (χ0v) is 8.29. The first-order valence-corrected chi connectivity index (χ1v) is 5.14. The summed E-state index contributed by atoms with van der Waals surface area (Å²) in [6, 6.07) is 0.269. The molecule has 0 bridgehead atoms. The van der Waals surface area contributed by atoms with Crippen LogP contribution in [0.1, 0.15) is 39.5 Å². The fourth-order valence-corrected chi connectivity index (χ4v) is 2.05. The van der Waals surface area contributed by atoms with Crippen molar-refractivity contribution >= 4 is 11.6 Å². The molecule has 72 valence electrons. The van der Waals surface area contributed by atoms with E-state index in [0.29, 0.717) is 0 Å². The Kier molecular flexibility index (Phi) is 2.10. The van der Waals surface area contributed by atoms with Crippen LogP contribution in [0.4, 0.5) is 0 Å². The highest BCUT2D eigenvalue weighted by atomic mass is 16.2. The van der Waals surface area contributed by atoms with Crippen LogP contribution in [0.15, 0.2) is 5.10 Å². The zero-order valence-electron chi connectivity index (χ0n) is 8.29. The van der Waals surface area contributed by atoms with Gasteiger partial charge in [0.1, 0.15) is 0 Å². The minimum atomic E-state index is 0.147. The number of hydrogen-bond donors (Lipinski definition) is 0. The van der Waals surface area contributed by atoms with Gasteiger partial charge < -0.3 is 0 Å². The molecule has 1 aliphatic heterocycles. The molecule has 2 unspecified atom stereocenters. The van der Waals surface area contributed by atoms with Crippen molar-refractivity contribution in [1.82, 2.24) is 5.01 Å². The van der Waals surface area contributed by atoms with E-state index < -0.39 is 0 Å². The molecule has 2 atom stereocenters. The second-order valence-electron chi connectivity index (χ2n) is 3.98. The molecule has 0 aromatic carbocycles. The third-order valence-corrected chi connectivity index (χ3v) is 3.10. The molecule has 3 nitrogen and oxygen atoms in total. The lowest BCUT2D eigenvalue weighted by Gasteiger charge is -2.20. The molecule has 0 aromatic heterocycles. The summed E-state index contributed by atoms with van der Waals surface area (Å²) in [4.78, 5) is 11.8. The standard InChI is InChI=1S/C10H16N2O/c1-3-7(2)12-10(13)8-5-4-6-9(8)11-12/h7-8H,3-6H2,1-2H3. The normalized spacial score (nSPS) is 29.1. The van der Waals surface area contributed by atoms with Gasteiger partial charge in [-0.2, -0.15) is 5.10 Å². The lowest BCUT2D eigenvalue weighted by Crippen LogP contribution is -2.33. The van der Waals surface area contributed by atoms with E-state index in [1.54, 1.807) is 5.01 Å². The average molecular weight is 180 g/mol. The van der Waals surface area contributed by atoms with Crippen molar-refractivity contribution in [2.45, 2.75) is 45.6 Å². The smallest absolute Gasteiger partial charge is 0.251 e. The van der Waals surface area contributed by atoms with Gasteiger partial charge in [0.15, 0.2) is 0 Å². The van der Waals surface area contributed by atoms with Gasteiger partial charge in [-0.3, -0.25) is 4.79 Å². The van der Waals surface area contributed by atoms with Crippen molar-refractivity contribution in [2.75, 3.05) is 0 Å². The number of fused-ring (bicyclic) bond motifs is 1. The quantitative estimate of drug-likeness (QED) is 0.637. The first-order chi connectivity index (χ1) is 6.24. The Morgan fingerprint density at radius 3 is 3.08 bits per heavy atom. The van der Waals surface area contributed by atoms with Gasteiger partial charge in [-0.1, -0.05) is 6.92 Å². The van der Waals surface area contributed by atoms with Crippen molar-refractivity contribution in [2.24, 2.45) is 11.0 Å². The Morgan fingerprint density at radius 1 is 1.69 bits per heavy atom. The van der Waals surface area contributed by atoms with Crippen LogP contribution in [0.25, 0.3) is 0 Å². The van der Waals surface area contributed by atoms with E-state index in [-0.39, 0.29) is 17.9 Å². The van der Waals surface area contributed by atoms with Crippen LogP contribution in [0.3, 0.4) is 0 Å². The zero-order chi connectivity index (χ0) is 9.42. The van der Waals surface area contributed by atoms with Crippen LogP contribution in [-0.4, -0.2) is 22.7 Å². The van der Waals surface area contributed by atoms with Crippen LogP contribution in [0.5, 0.6) is 0 Å². The fraction of sp³-hybridized carbons (Fsp3) is 0.800. The molecule has 0 radical (unpaired) electrons. The van der Waals surface area contributed by atoms with Crippen LogP contribution in [0, 0.1) is 5.92 Å². The van der Waals surface area contributed by atoms with E-state index in [9.17, 15) is 4.79 Å². The Labute approximate surface area is 78.8 Å². The second-order valence-corrected chi connectivity index (χ2v) is 3.98. The minimum absolute atomic E-state index is 0.147. The van der Waals surface area contributed by atoms with E-state index in [0.717, 1.165) is 31.4 Å². The van der Waals surface area contributed by atoms with Crippen LogP contribution in [0.2, 0.25) is 0 Å². The third kappa shape index (κ3) is 1.26. The largest absolute Gasteiger partial charge is 0.272 e. The molecular formula is C10H16N2O. The molecule has 13 heavy (non-hydrogen) atoms. The molecule has 0 N–H and O–H groups in total. The number of carbonyl (C=O) groups excluding carboxylic acids is 1. The summed E-state index contributed by atoms with van der Waals surface area (Å²) in [5.41, 5.74) is 1.13. The summed E-state index contributed by atoms with van der Waals surface area (Å²) in [6.07, 6.45) is 4.17. The van der Waals surface area contributed by atoms with Gasteiger partial charge in [-0.25, -0.2) is 5.01 Å². The molecular weight excluding hydrogens is 164 g/mol. The summed E-state index contributed by atoms with van der Waals surface area (Å²) < 4.78 is 0. The monoisotopic (exact) mass is 180 g/mol. The van der Waals surface area contributed by atoms with Gasteiger partial charge in [0.2, 0.25) is 0 Å². The molecule has 2 aliphatic rings. The minimum Gasteiger partial charge on any atom is -0.272 e.